The van der Waals surface area contributed by atoms with Gasteiger partial charge in [0.25, 0.3) is 0 Å². The van der Waals surface area contributed by atoms with Gasteiger partial charge in [0.15, 0.2) is 0 Å². The van der Waals surface area contributed by atoms with E-state index in [4.69, 9.17) is 4.74 Å². The summed E-state index contributed by atoms with van der Waals surface area (Å²) in [6.45, 7) is 3.81. The Bertz CT molecular complexity index is 208. The van der Waals surface area contributed by atoms with Gasteiger partial charge in [-0.15, -0.1) is 0 Å². The molecule has 0 spiro atoms. The maximum Gasteiger partial charge on any atom is 0.309 e. The third-order valence-corrected chi connectivity index (χ3v) is 2.92. The Balaban J connectivity index is 2.42. The van der Waals surface area contributed by atoms with Gasteiger partial charge >= 0.3 is 5.97 Å². The summed E-state index contributed by atoms with van der Waals surface area (Å²) in [5.74, 6) is 0.616. The van der Waals surface area contributed by atoms with E-state index in [2.05, 4.69) is 28.1 Å². The van der Waals surface area contributed by atoms with Gasteiger partial charge in [-0.3, -0.25) is 4.79 Å². The lowest BCUT2D eigenvalue weighted by molar-refractivity contribution is -0.871. The minimum Gasteiger partial charge on any atom is -0.465 e. The second kappa shape index (κ2) is 4.30. The number of carbonyl (C=O) groups excluding carboxylic acids is 1. The van der Waals surface area contributed by atoms with Crippen LogP contribution in [0.25, 0.3) is 0 Å². The third-order valence-electron chi connectivity index (χ3n) is 2.92. The number of nitrogens with zero attached hydrogens (tertiary/aromatic N) is 1. The van der Waals surface area contributed by atoms with E-state index >= 15 is 0 Å². The molecule has 0 bridgehead atoms. The summed E-state index contributed by atoms with van der Waals surface area (Å²) < 4.78 is 6.05. The summed E-state index contributed by atoms with van der Waals surface area (Å²) in [7, 11) is 6.54. The molecule has 2 atom stereocenters. The lowest BCUT2D eigenvalue weighted by atomic mass is 9.90. The molecule has 0 aromatic rings. The van der Waals surface area contributed by atoms with Crippen molar-refractivity contribution in [3.05, 3.63) is 0 Å². The fourth-order valence-corrected chi connectivity index (χ4v) is 1.94. The highest BCUT2D eigenvalue weighted by Crippen LogP contribution is 2.28. The second-order valence-electron chi connectivity index (χ2n) is 5.21. The Morgan fingerprint density at radius 2 is 2.07 bits per heavy atom. The minimum atomic E-state index is 0.0129. The first-order chi connectivity index (χ1) is 6.44. The zero-order valence-electron chi connectivity index (χ0n) is 9.75. The largest absolute Gasteiger partial charge is 0.465 e. The molecule has 1 rings (SSSR count). The normalized spacial score (nSPS) is 27.9. The van der Waals surface area contributed by atoms with E-state index in [1.165, 1.54) is 0 Å². The molecule has 1 aliphatic rings. The third kappa shape index (κ3) is 2.98. The van der Waals surface area contributed by atoms with Crippen molar-refractivity contribution in [2.45, 2.75) is 19.8 Å². The Morgan fingerprint density at radius 1 is 1.43 bits per heavy atom. The fraction of sp³-hybridized carbons (Fsp3) is 0.909. The van der Waals surface area contributed by atoms with Gasteiger partial charge in [-0.1, -0.05) is 6.92 Å². The second-order valence-corrected chi connectivity index (χ2v) is 5.21. The molecular formula is C11H22NO2+. The molecule has 0 aliphatic carbocycles. The van der Waals surface area contributed by atoms with E-state index in [1.54, 1.807) is 0 Å². The van der Waals surface area contributed by atoms with E-state index in [0.717, 1.165) is 23.9 Å². The summed E-state index contributed by atoms with van der Waals surface area (Å²) in [6.07, 6.45) is 2.01. The molecule has 1 fully saturated rings. The number of rotatable bonds is 4. The lowest BCUT2D eigenvalue weighted by Crippen LogP contribution is -2.37. The summed E-state index contributed by atoms with van der Waals surface area (Å²) in [6, 6.07) is 0. The van der Waals surface area contributed by atoms with Gasteiger partial charge in [0.05, 0.1) is 40.2 Å². The molecule has 1 heterocycles. The highest BCUT2D eigenvalue weighted by molar-refractivity contribution is 5.74. The zero-order chi connectivity index (χ0) is 10.8. The van der Waals surface area contributed by atoms with Crippen molar-refractivity contribution in [2.75, 3.05) is 34.3 Å². The van der Waals surface area contributed by atoms with E-state index in [9.17, 15) is 4.79 Å². The molecule has 0 N–H and O–H groups in total. The van der Waals surface area contributed by atoms with E-state index < -0.39 is 0 Å². The molecular weight excluding hydrogens is 178 g/mol. The number of cyclic esters (lactones) is 1. The first-order valence-electron chi connectivity index (χ1n) is 5.41. The van der Waals surface area contributed by atoms with Crippen molar-refractivity contribution >= 4 is 5.97 Å². The smallest absolute Gasteiger partial charge is 0.309 e. The van der Waals surface area contributed by atoms with Crippen molar-refractivity contribution in [1.82, 2.24) is 0 Å². The first-order valence-corrected chi connectivity index (χ1v) is 5.41. The molecule has 0 aromatic heterocycles. The molecule has 3 heteroatoms. The number of hydrogen-bond acceptors (Lipinski definition) is 2. The minimum absolute atomic E-state index is 0.0129. The molecule has 0 unspecified atom stereocenters. The van der Waals surface area contributed by atoms with Crippen LogP contribution in [-0.2, 0) is 9.53 Å². The summed E-state index contributed by atoms with van der Waals surface area (Å²) >= 11 is 0. The van der Waals surface area contributed by atoms with Gasteiger partial charge in [0, 0.05) is 12.3 Å². The summed E-state index contributed by atoms with van der Waals surface area (Å²) in [4.78, 5) is 11.3. The van der Waals surface area contributed by atoms with E-state index in [0.29, 0.717) is 12.5 Å². The lowest BCUT2D eigenvalue weighted by Gasteiger charge is -2.25. The summed E-state index contributed by atoms with van der Waals surface area (Å²) in [5.41, 5.74) is 0. The zero-order valence-corrected chi connectivity index (χ0v) is 9.75. The van der Waals surface area contributed by atoms with Crippen molar-refractivity contribution in [1.29, 1.82) is 0 Å². The maximum absolute atomic E-state index is 11.3. The predicted molar refractivity (Wildman–Crippen MR) is 55.7 cm³/mol. The predicted octanol–water partition coefficient (Wildman–Crippen LogP) is 1.28. The van der Waals surface area contributed by atoms with Crippen LogP contribution in [0.4, 0.5) is 0 Å². The van der Waals surface area contributed by atoms with E-state index in [-0.39, 0.29) is 11.9 Å². The molecule has 1 saturated heterocycles. The Kier molecular flexibility index (Phi) is 3.53. The van der Waals surface area contributed by atoms with Crippen LogP contribution in [0.2, 0.25) is 0 Å². The Hall–Kier alpha value is -0.570. The van der Waals surface area contributed by atoms with Crippen LogP contribution in [0.3, 0.4) is 0 Å². The molecule has 1 aliphatic heterocycles. The van der Waals surface area contributed by atoms with Crippen LogP contribution in [0.15, 0.2) is 0 Å². The summed E-state index contributed by atoms with van der Waals surface area (Å²) in [5, 5.41) is 0. The first kappa shape index (κ1) is 11.5. The maximum atomic E-state index is 11.3. The quantitative estimate of drug-likeness (QED) is 0.505. The molecule has 0 amide bonds. The molecule has 14 heavy (non-hydrogen) atoms. The topological polar surface area (TPSA) is 26.3 Å². The number of esters is 1. The van der Waals surface area contributed by atoms with Gasteiger partial charge in [-0.25, -0.2) is 0 Å². The van der Waals surface area contributed by atoms with Crippen LogP contribution >= 0.6 is 0 Å². The van der Waals surface area contributed by atoms with Crippen LogP contribution in [0, 0.1) is 11.8 Å². The Morgan fingerprint density at radius 3 is 2.57 bits per heavy atom. The van der Waals surface area contributed by atoms with E-state index in [1.807, 2.05) is 0 Å². The SMILES string of the molecule is CC[C@@H]1C(=O)OC[C@@H]1CC[N+](C)(C)C. The number of quaternary nitrogens is 1. The monoisotopic (exact) mass is 200 g/mol. The van der Waals surface area contributed by atoms with Crippen LogP contribution in [0.1, 0.15) is 19.8 Å². The van der Waals surface area contributed by atoms with Crippen LogP contribution in [-0.4, -0.2) is 44.7 Å². The molecule has 3 nitrogen and oxygen atoms in total. The van der Waals surface area contributed by atoms with Gasteiger partial charge < -0.3 is 9.22 Å². The molecule has 0 saturated carbocycles. The molecule has 0 radical (unpaired) electrons. The van der Waals surface area contributed by atoms with Gasteiger partial charge in [-0.2, -0.15) is 0 Å². The fourth-order valence-electron chi connectivity index (χ4n) is 1.94. The highest BCUT2D eigenvalue weighted by atomic mass is 16.5. The van der Waals surface area contributed by atoms with Crippen molar-refractivity contribution in [3.8, 4) is 0 Å². The van der Waals surface area contributed by atoms with Crippen LogP contribution < -0.4 is 0 Å². The molecule has 82 valence electrons. The number of ether oxygens (including phenoxy) is 1. The van der Waals surface area contributed by atoms with Gasteiger partial charge in [0.1, 0.15) is 0 Å². The average Bonchev–Trinajstić information content (AvgIpc) is 2.41. The van der Waals surface area contributed by atoms with Crippen molar-refractivity contribution < 1.29 is 14.0 Å². The molecule has 0 aromatic carbocycles. The standard InChI is InChI=1S/C11H22NO2/c1-5-10-9(8-14-11(10)13)6-7-12(2,3)4/h9-10H,5-8H2,1-4H3/q+1/t9-,10-/m0/s1. The number of hydrogen-bond donors (Lipinski definition) is 0. The Labute approximate surface area is 86.6 Å². The number of carbonyl (C=O) groups is 1. The van der Waals surface area contributed by atoms with Crippen molar-refractivity contribution in [2.24, 2.45) is 11.8 Å². The highest BCUT2D eigenvalue weighted by Gasteiger charge is 2.35. The average molecular weight is 200 g/mol. The van der Waals surface area contributed by atoms with Gasteiger partial charge in [0.2, 0.25) is 0 Å². The van der Waals surface area contributed by atoms with Crippen molar-refractivity contribution in [3.63, 3.8) is 0 Å². The van der Waals surface area contributed by atoms with Gasteiger partial charge in [-0.05, 0) is 6.42 Å². The van der Waals surface area contributed by atoms with Crippen LogP contribution in [0.5, 0.6) is 0 Å².